The molecule has 0 rings (SSSR count). The summed E-state index contributed by atoms with van der Waals surface area (Å²) in [6.07, 6.45) is 0. The van der Waals surface area contributed by atoms with Gasteiger partial charge >= 0.3 is 0 Å². The van der Waals surface area contributed by atoms with Crippen LogP contribution >= 0.6 is 12.2 Å². The fourth-order valence-electron chi connectivity index (χ4n) is 0.516. The molecule has 1 N–H and O–H groups in total. The second kappa shape index (κ2) is 6.37. The molecular weight excluding hydrogens is 160 g/mol. The van der Waals surface area contributed by atoms with Crippen LogP contribution in [0.5, 0.6) is 0 Å². The van der Waals surface area contributed by atoms with Crippen LogP contribution in [0.25, 0.3) is 0 Å². The minimum atomic E-state index is 0.495. The van der Waals surface area contributed by atoms with Gasteiger partial charge in [0, 0.05) is 13.1 Å². The van der Waals surface area contributed by atoms with Gasteiger partial charge in [-0.3, -0.25) is 0 Å². The maximum absolute atomic E-state index is 5.17. The molecule has 0 aromatic heterocycles. The molecule has 0 saturated heterocycles. The van der Waals surface area contributed by atoms with Gasteiger partial charge in [-0.25, -0.2) is 0 Å². The second-order valence-electron chi connectivity index (χ2n) is 2.47. The summed E-state index contributed by atoms with van der Waals surface area (Å²) in [5.74, 6) is 0. The largest absolute Gasteiger partial charge is 0.470 e. The molecule has 0 aliphatic heterocycles. The van der Waals surface area contributed by atoms with Crippen LogP contribution in [-0.4, -0.2) is 43.9 Å². The number of hydrogen-bond donors (Lipinski definition) is 1. The third-order valence-electron chi connectivity index (χ3n) is 1.09. The average molecular weight is 176 g/mol. The smallest absolute Gasteiger partial charge is 0.256 e. The van der Waals surface area contributed by atoms with E-state index in [-0.39, 0.29) is 0 Å². The van der Waals surface area contributed by atoms with Gasteiger partial charge in [0.15, 0.2) is 0 Å². The molecule has 0 bridgehead atoms. The second-order valence-corrected chi connectivity index (χ2v) is 2.84. The van der Waals surface area contributed by atoms with E-state index in [9.17, 15) is 0 Å². The minimum Gasteiger partial charge on any atom is -0.470 e. The first-order valence-corrected chi connectivity index (χ1v) is 4.13. The topological polar surface area (TPSA) is 24.5 Å². The predicted octanol–water partition coefficient (Wildman–Crippen LogP) is 0.459. The summed E-state index contributed by atoms with van der Waals surface area (Å²) in [7, 11) is 4.00. The van der Waals surface area contributed by atoms with Crippen molar-refractivity contribution >= 4 is 17.4 Å². The fourth-order valence-corrected chi connectivity index (χ4v) is 0.744. The van der Waals surface area contributed by atoms with Crippen LogP contribution in [0.3, 0.4) is 0 Å². The molecule has 0 aromatic carbocycles. The normalized spacial score (nSPS) is 9.82. The zero-order chi connectivity index (χ0) is 8.69. The Kier molecular flexibility index (Phi) is 6.16. The van der Waals surface area contributed by atoms with Crippen LogP contribution in [0.15, 0.2) is 0 Å². The molecule has 0 unspecified atom stereocenters. The lowest BCUT2D eigenvalue weighted by Crippen LogP contribution is -2.27. The molecule has 0 amide bonds. The van der Waals surface area contributed by atoms with Crippen LogP contribution in [0.1, 0.15) is 6.92 Å². The molecule has 0 aliphatic rings. The highest BCUT2D eigenvalue weighted by Crippen LogP contribution is 1.80. The molecule has 0 spiro atoms. The van der Waals surface area contributed by atoms with E-state index >= 15 is 0 Å². The Bertz CT molecular complexity index is 117. The molecule has 0 aliphatic carbocycles. The van der Waals surface area contributed by atoms with Gasteiger partial charge in [0.2, 0.25) is 0 Å². The van der Waals surface area contributed by atoms with Crippen molar-refractivity contribution in [2.24, 2.45) is 0 Å². The highest BCUT2D eigenvalue weighted by atomic mass is 32.1. The van der Waals surface area contributed by atoms with Crippen LogP contribution in [0, 0.1) is 0 Å². The standard InChI is InChI=1S/C7H16N2OS/c1-4-8-7(11)10-6-5-9(2)3/h4-6H2,1-3H3,(H,8,11). The Morgan fingerprint density at radius 1 is 1.55 bits per heavy atom. The summed E-state index contributed by atoms with van der Waals surface area (Å²) in [5.41, 5.74) is 0. The van der Waals surface area contributed by atoms with E-state index in [1.165, 1.54) is 0 Å². The Hall–Kier alpha value is -0.350. The van der Waals surface area contributed by atoms with Gasteiger partial charge in [0.05, 0.1) is 0 Å². The van der Waals surface area contributed by atoms with Gasteiger partial charge < -0.3 is 15.0 Å². The van der Waals surface area contributed by atoms with E-state index in [4.69, 9.17) is 17.0 Å². The molecule has 0 atom stereocenters. The number of nitrogens with zero attached hydrogens (tertiary/aromatic N) is 1. The van der Waals surface area contributed by atoms with Crippen molar-refractivity contribution < 1.29 is 4.74 Å². The number of nitrogens with one attached hydrogen (secondary N) is 1. The van der Waals surface area contributed by atoms with Crippen LogP contribution < -0.4 is 5.32 Å². The fraction of sp³-hybridized carbons (Fsp3) is 0.857. The molecule has 0 radical (unpaired) electrons. The van der Waals surface area contributed by atoms with Gasteiger partial charge in [-0.1, -0.05) is 0 Å². The van der Waals surface area contributed by atoms with Gasteiger partial charge in [-0.2, -0.15) is 0 Å². The van der Waals surface area contributed by atoms with Gasteiger partial charge in [-0.15, -0.1) is 0 Å². The van der Waals surface area contributed by atoms with Crippen LogP contribution in [0.4, 0.5) is 0 Å². The Morgan fingerprint density at radius 2 is 2.18 bits per heavy atom. The molecule has 66 valence electrons. The number of ether oxygens (including phenoxy) is 1. The third kappa shape index (κ3) is 7.55. The lowest BCUT2D eigenvalue weighted by molar-refractivity contribution is 0.248. The first kappa shape index (κ1) is 10.7. The molecule has 0 aromatic rings. The Labute approximate surface area is 73.7 Å². The van der Waals surface area contributed by atoms with Crippen molar-refractivity contribution in [2.75, 3.05) is 33.8 Å². The zero-order valence-electron chi connectivity index (χ0n) is 7.39. The van der Waals surface area contributed by atoms with Crippen molar-refractivity contribution in [3.63, 3.8) is 0 Å². The minimum absolute atomic E-state index is 0.495. The van der Waals surface area contributed by atoms with Gasteiger partial charge in [-0.05, 0) is 33.2 Å². The Morgan fingerprint density at radius 3 is 2.64 bits per heavy atom. The predicted molar refractivity (Wildman–Crippen MR) is 50.8 cm³/mol. The van der Waals surface area contributed by atoms with Crippen molar-refractivity contribution in [3.05, 3.63) is 0 Å². The van der Waals surface area contributed by atoms with Crippen molar-refractivity contribution in [3.8, 4) is 0 Å². The van der Waals surface area contributed by atoms with Crippen molar-refractivity contribution in [1.82, 2.24) is 10.2 Å². The highest BCUT2D eigenvalue weighted by Gasteiger charge is 1.94. The quantitative estimate of drug-likeness (QED) is 0.629. The summed E-state index contributed by atoms with van der Waals surface area (Å²) in [5, 5.41) is 3.40. The molecule has 11 heavy (non-hydrogen) atoms. The first-order valence-electron chi connectivity index (χ1n) is 3.72. The Balaban J connectivity index is 3.17. The lowest BCUT2D eigenvalue weighted by atomic mass is 10.6. The third-order valence-corrected chi connectivity index (χ3v) is 1.35. The number of likely N-dealkylation sites (N-methyl/N-ethyl adjacent to an activating group) is 1. The van der Waals surface area contributed by atoms with E-state index in [0.29, 0.717) is 11.8 Å². The lowest BCUT2D eigenvalue weighted by Gasteiger charge is -2.11. The van der Waals surface area contributed by atoms with E-state index in [1.807, 2.05) is 21.0 Å². The summed E-state index contributed by atoms with van der Waals surface area (Å²) in [6.45, 7) is 4.35. The molecular formula is C7H16N2OS. The van der Waals surface area contributed by atoms with E-state index in [0.717, 1.165) is 13.1 Å². The zero-order valence-corrected chi connectivity index (χ0v) is 8.20. The SMILES string of the molecule is CCNC(=S)OCCN(C)C. The molecule has 0 fully saturated rings. The first-order chi connectivity index (χ1) is 5.16. The monoisotopic (exact) mass is 176 g/mol. The van der Waals surface area contributed by atoms with Crippen molar-refractivity contribution in [1.29, 1.82) is 0 Å². The summed E-state index contributed by atoms with van der Waals surface area (Å²) in [4.78, 5) is 2.05. The van der Waals surface area contributed by atoms with Gasteiger partial charge in [0.1, 0.15) is 6.61 Å². The summed E-state index contributed by atoms with van der Waals surface area (Å²) >= 11 is 4.85. The molecule has 0 saturated carbocycles. The van der Waals surface area contributed by atoms with Gasteiger partial charge in [0.25, 0.3) is 5.17 Å². The van der Waals surface area contributed by atoms with E-state index in [2.05, 4.69) is 10.2 Å². The summed E-state index contributed by atoms with van der Waals surface area (Å²) in [6, 6.07) is 0. The number of rotatable bonds is 4. The highest BCUT2D eigenvalue weighted by molar-refractivity contribution is 7.80. The average Bonchev–Trinajstić information content (AvgIpc) is 1.87. The molecule has 4 heteroatoms. The van der Waals surface area contributed by atoms with E-state index in [1.54, 1.807) is 0 Å². The van der Waals surface area contributed by atoms with E-state index < -0.39 is 0 Å². The molecule has 0 heterocycles. The maximum Gasteiger partial charge on any atom is 0.256 e. The summed E-state index contributed by atoms with van der Waals surface area (Å²) < 4.78 is 5.17. The number of hydrogen-bond acceptors (Lipinski definition) is 3. The van der Waals surface area contributed by atoms with Crippen LogP contribution in [-0.2, 0) is 4.74 Å². The number of thiocarbonyl (C=S) groups is 1. The molecule has 3 nitrogen and oxygen atoms in total. The van der Waals surface area contributed by atoms with Crippen molar-refractivity contribution in [2.45, 2.75) is 6.92 Å². The van der Waals surface area contributed by atoms with Crippen LogP contribution in [0.2, 0.25) is 0 Å². The maximum atomic E-state index is 5.17.